The lowest BCUT2D eigenvalue weighted by Crippen LogP contribution is -2.51. The van der Waals surface area contributed by atoms with Crippen molar-refractivity contribution in [1.29, 1.82) is 0 Å². The number of hydrogen-bond donors (Lipinski definition) is 0. The number of fused-ring (bicyclic) bond motifs is 4. The molecule has 3 aliphatic heterocycles. The lowest BCUT2D eigenvalue weighted by Gasteiger charge is -2.45. The maximum absolute atomic E-state index is 6.23. The molecular weight excluding hydrogens is 300 g/mol. The summed E-state index contributed by atoms with van der Waals surface area (Å²) in [6, 6.07) is 8.82. The van der Waals surface area contributed by atoms with Gasteiger partial charge in [-0.25, -0.2) is 0 Å². The lowest BCUT2D eigenvalue weighted by molar-refractivity contribution is 0.0241. The fourth-order valence-electron chi connectivity index (χ4n) is 4.11. The van der Waals surface area contributed by atoms with E-state index in [9.17, 15) is 0 Å². The molecule has 0 spiro atoms. The lowest BCUT2D eigenvalue weighted by atomic mass is 9.83. The maximum atomic E-state index is 6.23. The molecule has 2 aromatic rings. The second-order valence-electron chi connectivity index (χ2n) is 6.94. The Kier molecular flexibility index (Phi) is 4.67. The van der Waals surface area contributed by atoms with Gasteiger partial charge in [-0.3, -0.25) is 9.88 Å². The van der Waals surface area contributed by atoms with Crippen LogP contribution in [0, 0.1) is 5.92 Å². The SMILES string of the molecule is CCOCc1ccc(OCC2CC3CCN2CC3)c2ncccc12. The van der Waals surface area contributed by atoms with Crippen LogP contribution in [0.1, 0.15) is 31.7 Å². The largest absolute Gasteiger partial charge is 0.490 e. The van der Waals surface area contributed by atoms with Crippen LogP contribution in [0.2, 0.25) is 0 Å². The minimum absolute atomic E-state index is 0.569. The third-order valence-electron chi connectivity index (χ3n) is 5.49. The summed E-state index contributed by atoms with van der Waals surface area (Å²) in [6.45, 7) is 6.61. The van der Waals surface area contributed by atoms with Crippen LogP contribution in [-0.2, 0) is 11.3 Å². The molecule has 0 amide bonds. The Morgan fingerprint density at radius 1 is 1.21 bits per heavy atom. The van der Waals surface area contributed by atoms with Gasteiger partial charge in [0.1, 0.15) is 17.9 Å². The molecule has 5 rings (SSSR count). The van der Waals surface area contributed by atoms with E-state index in [0.29, 0.717) is 12.6 Å². The molecule has 3 fully saturated rings. The molecule has 1 atom stereocenters. The molecule has 0 radical (unpaired) electrons. The van der Waals surface area contributed by atoms with Gasteiger partial charge in [0.25, 0.3) is 0 Å². The Balaban J connectivity index is 1.52. The smallest absolute Gasteiger partial charge is 0.145 e. The molecule has 1 aromatic carbocycles. The van der Waals surface area contributed by atoms with Crippen LogP contribution >= 0.6 is 0 Å². The zero-order valence-corrected chi connectivity index (χ0v) is 14.4. The van der Waals surface area contributed by atoms with Crippen molar-refractivity contribution >= 4 is 10.9 Å². The van der Waals surface area contributed by atoms with Crippen LogP contribution < -0.4 is 4.74 Å². The molecule has 1 aromatic heterocycles. The van der Waals surface area contributed by atoms with E-state index in [-0.39, 0.29) is 0 Å². The quantitative estimate of drug-likeness (QED) is 0.812. The predicted molar refractivity (Wildman–Crippen MR) is 95.3 cm³/mol. The van der Waals surface area contributed by atoms with E-state index in [4.69, 9.17) is 9.47 Å². The summed E-state index contributed by atoms with van der Waals surface area (Å²) in [7, 11) is 0. The van der Waals surface area contributed by atoms with E-state index in [1.165, 1.54) is 37.9 Å². The second-order valence-corrected chi connectivity index (χ2v) is 6.94. The Morgan fingerprint density at radius 3 is 2.83 bits per heavy atom. The molecule has 3 saturated heterocycles. The number of benzene rings is 1. The van der Waals surface area contributed by atoms with E-state index in [2.05, 4.69) is 28.1 Å². The number of piperidine rings is 3. The summed E-state index contributed by atoms with van der Waals surface area (Å²) in [5, 5.41) is 1.13. The molecule has 0 N–H and O–H groups in total. The van der Waals surface area contributed by atoms with Crippen molar-refractivity contribution in [2.75, 3.05) is 26.3 Å². The van der Waals surface area contributed by atoms with Crippen LogP contribution in [0.5, 0.6) is 5.75 Å². The van der Waals surface area contributed by atoms with Gasteiger partial charge in [0.05, 0.1) is 6.61 Å². The van der Waals surface area contributed by atoms with Crippen molar-refractivity contribution in [2.45, 2.75) is 38.8 Å². The first-order valence-corrected chi connectivity index (χ1v) is 9.16. The molecule has 0 aliphatic carbocycles. The summed E-state index contributed by atoms with van der Waals surface area (Å²) in [5.41, 5.74) is 2.12. The zero-order valence-electron chi connectivity index (χ0n) is 14.4. The molecule has 24 heavy (non-hydrogen) atoms. The summed E-state index contributed by atoms with van der Waals surface area (Å²) in [5.74, 6) is 1.81. The van der Waals surface area contributed by atoms with Crippen molar-refractivity contribution < 1.29 is 9.47 Å². The third-order valence-corrected chi connectivity index (χ3v) is 5.49. The van der Waals surface area contributed by atoms with Crippen molar-refractivity contribution in [3.05, 3.63) is 36.0 Å². The number of rotatable bonds is 6. The second kappa shape index (κ2) is 7.08. The fraction of sp³-hybridized carbons (Fsp3) is 0.550. The van der Waals surface area contributed by atoms with Crippen molar-refractivity contribution in [2.24, 2.45) is 5.92 Å². The van der Waals surface area contributed by atoms with Crippen LogP contribution in [-0.4, -0.2) is 42.2 Å². The van der Waals surface area contributed by atoms with Gasteiger partial charge < -0.3 is 9.47 Å². The van der Waals surface area contributed by atoms with Crippen molar-refractivity contribution in [1.82, 2.24) is 9.88 Å². The predicted octanol–water partition coefficient (Wildman–Crippen LogP) is 3.63. The van der Waals surface area contributed by atoms with Crippen LogP contribution in [0.15, 0.2) is 30.5 Å². The van der Waals surface area contributed by atoms with E-state index >= 15 is 0 Å². The van der Waals surface area contributed by atoms with E-state index in [1.807, 2.05) is 19.2 Å². The highest BCUT2D eigenvalue weighted by atomic mass is 16.5. The van der Waals surface area contributed by atoms with Gasteiger partial charge in [-0.05, 0) is 62.9 Å². The number of pyridine rings is 1. The first kappa shape index (κ1) is 15.9. The first-order valence-electron chi connectivity index (χ1n) is 9.16. The minimum Gasteiger partial charge on any atom is -0.490 e. The molecule has 1 unspecified atom stereocenters. The topological polar surface area (TPSA) is 34.6 Å². The minimum atomic E-state index is 0.569. The standard InChI is InChI=1S/C20H26N2O2/c1-2-23-13-16-5-6-19(20-18(16)4-3-9-21-20)24-14-17-12-15-7-10-22(17)11-8-15/h3-6,9,15,17H,2,7-8,10-14H2,1H3. The fourth-order valence-corrected chi connectivity index (χ4v) is 4.11. The Hall–Kier alpha value is -1.65. The Morgan fingerprint density at radius 2 is 2.08 bits per heavy atom. The summed E-state index contributed by atoms with van der Waals surface area (Å²) in [4.78, 5) is 7.16. The van der Waals surface area contributed by atoms with Gasteiger partial charge in [-0.15, -0.1) is 0 Å². The van der Waals surface area contributed by atoms with Crippen LogP contribution in [0.25, 0.3) is 10.9 Å². The number of aromatic nitrogens is 1. The highest BCUT2D eigenvalue weighted by molar-refractivity contribution is 5.87. The third kappa shape index (κ3) is 3.13. The Bertz CT molecular complexity index is 695. The maximum Gasteiger partial charge on any atom is 0.145 e. The molecule has 0 saturated carbocycles. The van der Waals surface area contributed by atoms with Crippen molar-refractivity contribution in [3.8, 4) is 5.75 Å². The Labute approximate surface area is 143 Å². The average Bonchev–Trinajstić information content (AvgIpc) is 2.66. The monoisotopic (exact) mass is 326 g/mol. The molecule has 128 valence electrons. The van der Waals surface area contributed by atoms with Gasteiger partial charge in [0.15, 0.2) is 0 Å². The van der Waals surface area contributed by atoms with Gasteiger partial charge in [0.2, 0.25) is 0 Å². The number of nitrogens with zero attached hydrogens (tertiary/aromatic N) is 2. The van der Waals surface area contributed by atoms with Crippen LogP contribution in [0.3, 0.4) is 0 Å². The number of ether oxygens (including phenoxy) is 2. The van der Waals surface area contributed by atoms with Gasteiger partial charge in [-0.1, -0.05) is 12.1 Å². The van der Waals surface area contributed by atoms with Gasteiger partial charge in [-0.2, -0.15) is 0 Å². The molecular formula is C20H26N2O2. The normalized spacial score (nSPS) is 26.0. The van der Waals surface area contributed by atoms with E-state index in [1.54, 1.807) is 0 Å². The van der Waals surface area contributed by atoms with Crippen LogP contribution in [0.4, 0.5) is 0 Å². The number of hydrogen-bond acceptors (Lipinski definition) is 4. The first-order chi connectivity index (χ1) is 11.8. The van der Waals surface area contributed by atoms with Gasteiger partial charge in [0, 0.05) is 24.2 Å². The van der Waals surface area contributed by atoms with E-state index in [0.717, 1.165) is 35.8 Å². The van der Waals surface area contributed by atoms with Gasteiger partial charge >= 0.3 is 0 Å². The molecule has 4 heteroatoms. The summed E-state index contributed by atoms with van der Waals surface area (Å²) < 4.78 is 11.8. The highest BCUT2D eigenvalue weighted by Gasteiger charge is 2.33. The zero-order chi connectivity index (χ0) is 16.4. The molecule has 3 aliphatic rings. The van der Waals surface area contributed by atoms with E-state index < -0.39 is 0 Å². The van der Waals surface area contributed by atoms with Crippen molar-refractivity contribution in [3.63, 3.8) is 0 Å². The summed E-state index contributed by atoms with van der Waals surface area (Å²) in [6.07, 6.45) is 5.86. The molecule has 4 nitrogen and oxygen atoms in total. The average molecular weight is 326 g/mol. The summed E-state index contributed by atoms with van der Waals surface area (Å²) >= 11 is 0. The highest BCUT2D eigenvalue weighted by Crippen LogP contribution is 2.33. The molecule has 2 bridgehead atoms. The molecule has 4 heterocycles.